The maximum absolute atomic E-state index is 9.36. The number of benzene rings is 1. The first-order valence-corrected chi connectivity index (χ1v) is 3.93. The number of hydrogen-bond donors (Lipinski definition) is 4. The van der Waals surface area contributed by atoms with E-state index < -0.39 is 6.04 Å². The normalized spacial score (nSPS) is 11.2. The van der Waals surface area contributed by atoms with Crippen molar-refractivity contribution in [3.8, 4) is 23.3 Å². The molecule has 0 unspecified atom stereocenters. The second-order valence-electron chi connectivity index (χ2n) is 2.87. The van der Waals surface area contributed by atoms with E-state index in [2.05, 4.69) is 0 Å². The van der Waals surface area contributed by atoms with Crippen LogP contribution >= 0.6 is 12.4 Å². The van der Waals surface area contributed by atoms with Gasteiger partial charge in [0.2, 0.25) is 0 Å². The van der Waals surface area contributed by atoms with E-state index in [4.69, 9.17) is 16.1 Å². The van der Waals surface area contributed by atoms with Gasteiger partial charge in [-0.05, 0) is 0 Å². The molecule has 0 radical (unpaired) electrons. The van der Waals surface area contributed by atoms with Crippen molar-refractivity contribution in [2.75, 3.05) is 0 Å². The zero-order valence-corrected chi connectivity index (χ0v) is 8.53. The van der Waals surface area contributed by atoms with Gasteiger partial charge in [-0.25, -0.2) is 0 Å². The Labute approximate surface area is 92.8 Å². The molecule has 15 heavy (non-hydrogen) atoms. The van der Waals surface area contributed by atoms with Crippen LogP contribution in [0, 0.1) is 11.3 Å². The molecule has 0 aliphatic rings. The van der Waals surface area contributed by atoms with Crippen molar-refractivity contribution in [1.29, 1.82) is 5.26 Å². The van der Waals surface area contributed by atoms with Crippen LogP contribution in [0.5, 0.6) is 17.2 Å². The molecule has 5 nitrogen and oxygen atoms in total. The van der Waals surface area contributed by atoms with Crippen LogP contribution in [0.2, 0.25) is 0 Å². The molecular weight excluding hydrogens is 220 g/mol. The molecule has 1 rings (SSSR count). The molecule has 1 aromatic carbocycles. The lowest BCUT2D eigenvalue weighted by Gasteiger charge is -2.12. The van der Waals surface area contributed by atoms with E-state index in [-0.39, 0.29) is 41.6 Å². The fraction of sp³-hybridized carbons (Fsp3) is 0.222. The maximum Gasteiger partial charge on any atom is 0.127 e. The fourth-order valence-corrected chi connectivity index (χ4v) is 1.19. The summed E-state index contributed by atoms with van der Waals surface area (Å²) in [4.78, 5) is 0. The summed E-state index contributed by atoms with van der Waals surface area (Å²) in [6.07, 6.45) is -0.0219. The minimum atomic E-state index is -0.763. The average molecular weight is 231 g/mol. The Hall–Kier alpha value is -1.64. The third kappa shape index (κ3) is 2.91. The van der Waals surface area contributed by atoms with Gasteiger partial charge in [-0.15, -0.1) is 12.4 Å². The molecule has 0 aromatic heterocycles. The topological polar surface area (TPSA) is 111 Å². The van der Waals surface area contributed by atoms with Gasteiger partial charge in [0.05, 0.1) is 24.1 Å². The summed E-state index contributed by atoms with van der Waals surface area (Å²) in [6.45, 7) is 0. The predicted molar refractivity (Wildman–Crippen MR) is 55.8 cm³/mol. The quantitative estimate of drug-likeness (QED) is 0.609. The summed E-state index contributed by atoms with van der Waals surface area (Å²) in [5.41, 5.74) is 5.61. The van der Waals surface area contributed by atoms with Crippen LogP contribution < -0.4 is 5.73 Å². The first-order valence-electron chi connectivity index (χ1n) is 3.93. The van der Waals surface area contributed by atoms with Gasteiger partial charge >= 0.3 is 0 Å². The molecule has 0 bridgehead atoms. The van der Waals surface area contributed by atoms with E-state index in [0.29, 0.717) is 0 Å². The summed E-state index contributed by atoms with van der Waals surface area (Å²) >= 11 is 0. The molecule has 1 aromatic rings. The van der Waals surface area contributed by atoms with Crippen LogP contribution in [0.3, 0.4) is 0 Å². The molecule has 82 valence electrons. The summed E-state index contributed by atoms with van der Waals surface area (Å²) in [5.74, 6) is -0.886. The molecule has 0 amide bonds. The largest absolute Gasteiger partial charge is 0.508 e. The van der Waals surface area contributed by atoms with Crippen LogP contribution in [-0.2, 0) is 0 Å². The molecule has 5 N–H and O–H groups in total. The number of phenols is 3. The van der Waals surface area contributed by atoms with Crippen molar-refractivity contribution in [2.24, 2.45) is 5.73 Å². The molecular formula is C9H11ClN2O3. The number of nitrogens with zero attached hydrogens (tertiary/aromatic N) is 1. The molecule has 0 fully saturated rings. The van der Waals surface area contributed by atoms with Crippen LogP contribution in [0.1, 0.15) is 18.0 Å². The number of nitriles is 1. The second kappa shape index (κ2) is 5.29. The van der Waals surface area contributed by atoms with Crippen molar-refractivity contribution < 1.29 is 15.3 Å². The summed E-state index contributed by atoms with van der Waals surface area (Å²) in [7, 11) is 0. The molecule has 0 saturated heterocycles. The fourth-order valence-electron chi connectivity index (χ4n) is 1.19. The van der Waals surface area contributed by atoms with Crippen molar-refractivity contribution in [3.05, 3.63) is 17.7 Å². The van der Waals surface area contributed by atoms with E-state index in [1.165, 1.54) is 0 Å². The van der Waals surface area contributed by atoms with Crippen molar-refractivity contribution >= 4 is 12.4 Å². The number of phenolic OH excluding ortho intramolecular Hbond substituents is 3. The first-order chi connectivity index (χ1) is 6.56. The van der Waals surface area contributed by atoms with Crippen LogP contribution in [0.4, 0.5) is 0 Å². The number of rotatable bonds is 2. The van der Waals surface area contributed by atoms with E-state index in [0.717, 1.165) is 12.1 Å². The van der Waals surface area contributed by atoms with Gasteiger partial charge in [-0.1, -0.05) is 0 Å². The van der Waals surface area contributed by atoms with Gasteiger partial charge in [0.1, 0.15) is 17.2 Å². The van der Waals surface area contributed by atoms with Crippen LogP contribution in [0.15, 0.2) is 12.1 Å². The van der Waals surface area contributed by atoms with Gasteiger partial charge in [0, 0.05) is 12.1 Å². The minimum Gasteiger partial charge on any atom is -0.508 e. The molecule has 0 aliphatic heterocycles. The number of aromatic hydroxyl groups is 3. The Morgan fingerprint density at radius 2 is 1.73 bits per heavy atom. The lowest BCUT2D eigenvalue weighted by Crippen LogP contribution is -2.09. The molecule has 6 heteroatoms. The highest BCUT2D eigenvalue weighted by molar-refractivity contribution is 5.85. The van der Waals surface area contributed by atoms with Gasteiger partial charge in [-0.3, -0.25) is 0 Å². The highest BCUT2D eigenvalue weighted by Gasteiger charge is 2.16. The van der Waals surface area contributed by atoms with Crippen LogP contribution in [-0.4, -0.2) is 15.3 Å². The molecule has 0 spiro atoms. The van der Waals surface area contributed by atoms with Gasteiger partial charge < -0.3 is 21.1 Å². The van der Waals surface area contributed by atoms with Gasteiger partial charge in [0.25, 0.3) is 0 Å². The van der Waals surface area contributed by atoms with E-state index in [1.54, 1.807) is 0 Å². The Balaban J connectivity index is 0.00000196. The smallest absolute Gasteiger partial charge is 0.127 e. The third-order valence-electron chi connectivity index (χ3n) is 1.80. The minimum absolute atomic E-state index is 0. The molecule has 1 atom stereocenters. The highest BCUT2D eigenvalue weighted by atomic mass is 35.5. The molecule has 0 heterocycles. The number of halogens is 1. The Kier molecular flexibility index (Phi) is 4.71. The average Bonchev–Trinajstić information content (AvgIpc) is 2.01. The summed E-state index contributed by atoms with van der Waals surface area (Å²) in [6, 6.07) is 3.19. The first kappa shape index (κ1) is 13.4. The van der Waals surface area contributed by atoms with E-state index in [1.807, 2.05) is 6.07 Å². The second-order valence-corrected chi connectivity index (χ2v) is 2.87. The van der Waals surface area contributed by atoms with Crippen LogP contribution in [0.25, 0.3) is 0 Å². The molecule has 0 saturated carbocycles. The summed E-state index contributed by atoms with van der Waals surface area (Å²) in [5, 5.41) is 36.1. The van der Waals surface area contributed by atoms with Gasteiger partial charge in [-0.2, -0.15) is 5.26 Å². The Morgan fingerprint density at radius 3 is 2.13 bits per heavy atom. The predicted octanol–water partition coefficient (Wildman–Crippen LogP) is 1.14. The lowest BCUT2D eigenvalue weighted by atomic mass is 10.0. The highest BCUT2D eigenvalue weighted by Crippen LogP contribution is 2.36. The SMILES string of the molecule is Cl.N#CC[C@@H](N)c1c(O)cc(O)cc1O. The third-order valence-corrected chi connectivity index (χ3v) is 1.80. The zero-order valence-electron chi connectivity index (χ0n) is 7.71. The van der Waals surface area contributed by atoms with Gasteiger partial charge in [0.15, 0.2) is 0 Å². The lowest BCUT2D eigenvalue weighted by molar-refractivity contribution is 0.412. The monoisotopic (exact) mass is 230 g/mol. The standard InChI is InChI=1S/C9H10N2O3.ClH/c10-2-1-6(11)9-7(13)3-5(12)4-8(9)14;/h3-4,6,12-14H,1,11H2;1H/t6-;/m1./s1. The number of nitrogens with two attached hydrogens (primary N) is 1. The van der Waals surface area contributed by atoms with Crippen molar-refractivity contribution in [2.45, 2.75) is 12.5 Å². The number of hydrogen-bond acceptors (Lipinski definition) is 5. The summed E-state index contributed by atoms with van der Waals surface area (Å²) < 4.78 is 0. The van der Waals surface area contributed by atoms with Crippen molar-refractivity contribution in [1.82, 2.24) is 0 Å². The zero-order chi connectivity index (χ0) is 10.7. The molecule has 0 aliphatic carbocycles. The Morgan fingerprint density at radius 1 is 1.27 bits per heavy atom. The van der Waals surface area contributed by atoms with E-state index >= 15 is 0 Å². The van der Waals surface area contributed by atoms with E-state index in [9.17, 15) is 10.2 Å². The maximum atomic E-state index is 9.36. The van der Waals surface area contributed by atoms with Crippen molar-refractivity contribution in [3.63, 3.8) is 0 Å². The Bertz CT molecular complexity index is 366.